The highest BCUT2D eigenvalue weighted by molar-refractivity contribution is 5.89. The summed E-state index contributed by atoms with van der Waals surface area (Å²) in [7, 11) is 0. The maximum absolute atomic E-state index is 11.8. The van der Waals surface area contributed by atoms with Crippen LogP contribution in [0.4, 0.5) is 0 Å². The van der Waals surface area contributed by atoms with Crippen molar-refractivity contribution >= 4 is 11.9 Å². The molecule has 0 bridgehead atoms. The van der Waals surface area contributed by atoms with E-state index in [9.17, 15) is 14.7 Å². The Kier molecular flexibility index (Phi) is 4.73. The van der Waals surface area contributed by atoms with E-state index in [1.807, 2.05) is 13.8 Å². The molecule has 0 radical (unpaired) electrons. The van der Waals surface area contributed by atoms with E-state index < -0.39 is 17.1 Å². The number of hydrogen-bond acceptors (Lipinski definition) is 3. The Balaban J connectivity index is 2.54. The van der Waals surface area contributed by atoms with E-state index in [0.717, 1.165) is 12.8 Å². The van der Waals surface area contributed by atoms with Crippen molar-refractivity contribution in [3.8, 4) is 0 Å². The van der Waals surface area contributed by atoms with E-state index in [0.29, 0.717) is 25.7 Å². The molecular weight excluding hydrogens is 234 g/mol. The van der Waals surface area contributed by atoms with Gasteiger partial charge in [-0.3, -0.25) is 4.79 Å². The summed E-state index contributed by atoms with van der Waals surface area (Å²) in [6.07, 6.45) is 3.68. The van der Waals surface area contributed by atoms with Gasteiger partial charge in [0, 0.05) is 0 Å². The number of hydrogen-bond donors (Lipinski definition) is 3. The highest BCUT2D eigenvalue weighted by Gasteiger charge is 2.52. The molecule has 0 saturated heterocycles. The summed E-state index contributed by atoms with van der Waals surface area (Å²) in [5.74, 6) is -1.34. The average Bonchev–Trinajstić information content (AvgIpc) is 2.98. The van der Waals surface area contributed by atoms with E-state index in [1.165, 1.54) is 0 Å². The van der Waals surface area contributed by atoms with Crippen LogP contribution >= 0.6 is 0 Å². The van der Waals surface area contributed by atoms with Crippen LogP contribution in [0.15, 0.2) is 0 Å². The first-order valence-electron chi connectivity index (χ1n) is 6.64. The fourth-order valence-electron chi connectivity index (χ4n) is 2.36. The van der Waals surface area contributed by atoms with E-state index in [-0.39, 0.29) is 12.3 Å². The Morgan fingerprint density at radius 2 is 1.72 bits per heavy atom. The summed E-state index contributed by atoms with van der Waals surface area (Å²) in [6, 6.07) is 0. The summed E-state index contributed by atoms with van der Waals surface area (Å²) in [6.45, 7) is 3.91. The molecule has 18 heavy (non-hydrogen) atoms. The molecule has 1 rings (SSSR count). The van der Waals surface area contributed by atoms with Gasteiger partial charge >= 0.3 is 5.97 Å². The SMILES string of the molecule is CCCC(O)(CCC)CC(=O)NC1(C(=O)O)CC1. The molecule has 0 aromatic rings. The molecule has 0 spiro atoms. The van der Waals surface area contributed by atoms with Crippen LogP contribution in [0, 0.1) is 0 Å². The zero-order chi connectivity index (χ0) is 13.8. The lowest BCUT2D eigenvalue weighted by Crippen LogP contribution is -2.46. The largest absolute Gasteiger partial charge is 0.480 e. The Hall–Kier alpha value is -1.10. The Bertz CT molecular complexity index is 317. The van der Waals surface area contributed by atoms with Crippen LogP contribution in [0.1, 0.15) is 58.8 Å². The Morgan fingerprint density at radius 1 is 1.22 bits per heavy atom. The number of carbonyl (C=O) groups excluding carboxylic acids is 1. The van der Waals surface area contributed by atoms with Gasteiger partial charge in [-0.1, -0.05) is 26.7 Å². The number of rotatable bonds is 8. The maximum atomic E-state index is 11.8. The summed E-state index contributed by atoms with van der Waals surface area (Å²) < 4.78 is 0. The van der Waals surface area contributed by atoms with Crippen molar-refractivity contribution in [1.82, 2.24) is 5.32 Å². The molecule has 5 nitrogen and oxygen atoms in total. The lowest BCUT2D eigenvalue weighted by atomic mass is 9.89. The van der Waals surface area contributed by atoms with Crippen LogP contribution in [0.5, 0.6) is 0 Å². The highest BCUT2D eigenvalue weighted by atomic mass is 16.4. The van der Waals surface area contributed by atoms with Gasteiger partial charge < -0.3 is 15.5 Å². The van der Waals surface area contributed by atoms with Crippen molar-refractivity contribution in [2.45, 2.75) is 69.9 Å². The lowest BCUT2D eigenvalue weighted by Gasteiger charge is -2.27. The van der Waals surface area contributed by atoms with Gasteiger partial charge in [-0.05, 0) is 25.7 Å². The number of amides is 1. The van der Waals surface area contributed by atoms with Crippen LogP contribution in [-0.4, -0.2) is 33.2 Å². The van der Waals surface area contributed by atoms with Gasteiger partial charge in [0.2, 0.25) is 5.91 Å². The van der Waals surface area contributed by atoms with Crippen LogP contribution in [0.25, 0.3) is 0 Å². The molecule has 1 saturated carbocycles. The fraction of sp³-hybridized carbons (Fsp3) is 0.846. The molecule has 3 N–H and O–H groups in total. The molecule has 1 amide bonds. The van der Waals surface area contributed by atoms with Crippen molar-refractivity contribution in [1.29, 1.82) is 0 Å². The lowest BCUT2D eigenvalue weighted by molar-refractivity contribution is -0.144. The molecule has 104 valence electrons. The zero-order valence-electron chi connectivity index (χ0n) is 11.2. The van der Waals surface area contributed by atoms with Gasteiger partial charge in [-0.2, -0.15) is 0 Å². The van der Waals surface area contributed by atoms with Gasteiger partial charge in [-0.25, -0.2) is 4.79 Å². The molecule has 5 heteroatoms. The summed E-state index contributed by atoms with van der Waals surface area (Å²) in [5.41, 5.74) is -2.06. The van der Waals surface area contributed by atoms with Crippen LogP contribution in [0.3, 0.4) is 0 Å². The zero-order valence-corrected chi connectivity index (χ0v) is 11.2. The second-order valence-electron chi connectivity index (χ2n) is 5.34. The van der Waals surface area contributed by atoms with E-state index in [1.54, 1.807) is 0 Å². The van der Waals surface area contributed by atoms with E-state index in [4.69, 9.17) is 5.11 Å². The molecule has 1 aliphatic rings. The Labute approximate surface area is 108 Å². The molecule has 0 aromatic heterocycles. The normalized spacial score (nSPS) is 17.3. The maximum Gasteiger partial charge on any atom is 0.329 e. The van der Waals surface area contributed by atoms with Crippen molar-refractivity contribution in [3.63, 3.8) is 0 Å². The second kappa shape index (κ2) is 5.69. The van der Waals surface area contributed by atoms with Gasteiger partial charge in [-0.15, -0.1) is 0 Å². The molecule has 0 heterocycles. The molecule has 0 aliphatic heterocycles. The third kappa shape index (κ3) is 3.70. The smallest absolute Gasteiger partial charge is 0.329 e. The number of nitrogens with one attached hydrogen (secondary N) is 1. The van der Waals surface area contributed by atoms with Crippen molar-refractivity contribution in [2.75, 3.05) is 0 Å². The number of carbonyl (C=O) groups is 2. The van der Waals surface area contributed by atoms with Gasteiger partial charge in [0.25, 0.3) is 0 Å². The van der Waals surface area contributed by atoms with Gasteiger partial charge in [0.15, 0.2) is 0 Å². The van der Waals surface area contributed by atoms with Gasteiger partial charge in [0.05, 0.1) is 12.0 Å². The monoisotopic (exact) mass is 257 g/mol. The van der Waals surface area contributed by atoms with Crippen molar-refractivity contribution in [3.05, 3.63) is 0 Å². The first-order valence-corrected chi connectivity index (χ1v) is 6.64. The number of carboxylic acid groups (broad SMARTS) is 1. The third-order valence-corrected chi connectivity index (χ3v) is 3.46. The number of aliphatic carboxylic acids is 1. The molecular formula is C13H23NO4. The van der Waals surface area contributed by atoms with E-state index >= 15 is 0 Å². The van der Waals surface area contributed by atoms with Crippen LogP contribution < -0.4 is 5.32 Å². The van der Waals surface area contributed by atoms with Crippen LogP contribution in [0.2, 0.25) is 0 Å². The number of aliphatic hydroxyl groups is 1. The van der Waals surface area contributed by atoms with Gasteiger partial charge in [0.1, 0.15) is 5.54 Å². The third-order valence-electron chi connectivity index (χ3n) is 3.46. The minimum atomic E-state index is -1.06. The predicted octanol–water partition coefficient (Wildman–Crippen LogP) is 1.44. The second-order valence-corrected chi connectivity index (χ2v) is 5.34. The average molecular weight is 257 g/mol. The molecule has 1 aliphatic carbocycles. The molecule has 1 fully saturated rings. The van der Waals surface area contributed by atoms with Crippen molar-refractivity contribution < 1.29 is 19.8 Å². The molecule has 0 unspecified atom stereocenters. The van der Waals surface area contributed by atoms with E-state index in [2.05, 4.69) is 5.32 Å². The number of carboxylic acids is 1. The van der Waals surface area contributed by atoms with Crippen molar-refractivity contribution in [2.24, 2.45) is 0 Å². The molecule has 0 aromatic carbocycles. The molecule has 0 atom stereocenters. The first-order chi connectivity index (χ1) is 8.37. The predicted molar refractivity (Wildman–Crippen MR) is 67.1 cm³/mol. The minimum absolute atomic E-state index is 0.0102. The van der Waals surface area contributed by atoms with Crippen LogP contribution in [-0.2, 0) is 9.59 Å². The summed E-state index contributed by atoms with van der Waals surface area (Å²) in [4.78, 5) is 22.8. The summed E-state index contributed by atoms with van der Waals surface area (Å²) >= 11 is 0. The quantitative estimate of drug-likeness (QED) is 0.614. The Morgan fingerprint density at radius 3 is 2.06 bits per heavy atom. The fourth-order valence-corrected chi connectivity index (χ4v) is 2.36. The first kappa shape index (κ1) is 15.0. The highest BCUT2D eigenvalue weighted by Crippen LogP contribution is 2.36. The topological polar surface area (TPSA) is 86.6 Å². The minimum Gasteiger partial charge on any atom is -0.480 e. The standard InChI is InChI=1S/C13H23NO4/c1-3-5-12(18,6-4-2)9-10(15)14-13(7-8-13)11(16)17/h18H,3-9H2,1-2H3,(H,14,15)(H,16,17). The summed E-state index contributed by atoms with van der Waals surface area (Å²) in [5, 5.41) is 21.9.